The Morgan fingerprint density at radius 1 is 0.750 bits per heavy atom. The summed E-state index contributed by atoms with van der Waals surface area (Å²) in [4.78, 5) is 0. The Morgan fingerprint density at radius 2 is 1.00 bits per heavy atom. The predicted molar refractivity (Wildman–Crippen MR) is 34.8 cm³/mol. The van der Waals surface area contributed by atoms with Crippen molar-refractivity contribution in [2.75, 3.05) is 0 Å². The monoisotopic (exact) mass is 144 g/mol. The Labute approximate surface area is 58.2 Å². The molecule has 0 amide bonds. The Bertz CT molecular complexity index is 158. The van der Waals surface area contributed by atoms with Crippen LogP contribution < -0.4 is 0 Å². The van der Waals surface area contributed by atoms with Gasteiger partial charge in [0.25, 0.3) is 0 Å². The van der Waals surface area contributed by atoms with Crippen LogP contribution in [0.25, 0.3) is 0 Å². The van der Waals surface area contributed by atoms with E-state index >= 15 is 0 Å². The lowest BCUT2D eigenvalue weighted by molar-refractivity contribution is 1.44. The molecule has 0 fully saturated rings. The number of rotatable bonds is 0. The van der Waals surface area contributed by atoms with E-state index < -0.39 is 0 Å². The normalized spacial score (nSPS) is 31.8. The van der Waals surface area contributed by atoms with Crippen LogP contribution in [0.4, 0.5) is 0 Å². The van der Waals surface area contributed by atoms with Crippen molar-refractivity contribution in [3.63, 3.8) is 0 Å². The molecule has 0 nitrogen and oxygen atoms in total. The molecule has 0 N–H and O–H groups in total. The van der Waals surface area contributed by atoms with Crippen LogP contribution in [0.3, 0.4) is 0 Å². The number of hydrogen-bond acceptors (Lipinski definition) is 0. The van der Waals surface area contributed by atoms with Gasteiger partial charge in [0, 0.05) is 0 Å². The fourth-order valence-corrected chi connectivity index (χ4v) is 0.617. The molecule has 1 rings (SSSR count). The molecular weight excluding hydrogens is 143 g/mol. The second kappa shape index (κ2) is 2.31. The van der Waals surface area contributed by atoms with Crippen LogP contribution in [-0.2, 0) is 0 Å². The van der Waals surface area contributed by atoms with Gasteiger partial charge in [-0.05, 0) is 0 Å². The summed E-state index contributed by atoms with van der Waals surface area (Å²) < 4.78 is 0. The highest BCUT2D eigenvalue weighted by Crippen LogP contribution is 1.99. The van der Waals surface area contributed by atoms with Gasteiger partial charge in [-0.25, -0.2) is 0 Å². The van der Waals surface area contributed by atoms with E-state index in [1.807, 2.05) is 0 Å². The van der Waals surface area contributed by atoms with Gasteiger partial charge in [-0.2, -0.15) is 0 Å². The summed E-state index contributed by atoms with van der Waals surface area (Å²) in [5.41, 5.74) is 0. The van der Waals surface area contributed by atoms with Crippen LogP contribution in [0.5, 0.6) is 0 Å². The average Bonchev–Trinajstić information content (AvgIpc) is 1.77. The number of hydrogen-bond donors (Lipinski definition) is 0. The first-order chi connectivity index (χ1) is 3.79. The summed E-state index contributed by atoms with van der Waals surface area (Å²) in [6, 6.07) is 0. The molecule has 0 saturated heterocycles. The van der Waals surface area contributed by atoms with Gasteiger partial charge in [0.1, 0.15) is 0 Å². The van der Waals surface area contributed by atoms with Crippen LogP contribution in [0.15, 0.2) is 0 Å². The number of halogens is 2. The highest BCUT2D eigenvalue weighted by atomic mass is 35.5. The van der Waals surface area contributed by atoms with E-state index in [0.717, 1.165) is 0 Å². The highest BCUT2D eigenvalue weighted by molar-refractivity contribution is 6.27. The minimum Gasteiger partial charge on any atom is -0.0944 e. The molecule has 0 spiro atoms. The maximum Gasteiger partial charge on any atom is 0.154 e. The average molecular weight is 145 g/mol. The molecule has 1 aliphatic rings. The first kappa shape index (κ1) is 5.83. The molecule has 0 aliphatic heterocycles. The standard InChI is InChI=1S/C6H2Cl2/c7-5-1-2-6(8)4-3-5/h5-6H. The zero-order chi connectivity index (χ0) is 5.98. The van der Waals surface area contributed by atoms with E-state index in [1.165, 1.54) is 0 Å². The van der Waals surface area contributed by atoms with Crippen molar-refractivity contribution in [2.24, 2.45) is 0 Å². The molecular formula is C6H2Cl2. The van der Waals surface area contributed by atoms with Crippen LogP contribution in [-0.4, -0.2) is 10.8 Å². The zero-order valence-electron chi connectivity index (χ0n) is 3.91. The Hall–Kier alpha value is -0.300. The molecule has 0 aromatic carbocycles. The lowest BCUT2D eigenvalue weighted by Crippen LogP contribution is -1.99. The summed E-state index contributed by atoms with van der Waals surface area (Å²) in [7, 11) is 0. The molecule has 0 bridgehead atoms. The van der Waals surface area contributed by atoms with Gasteiger partial charge in [0.15, 0.2) is 10.8 Å². The van der Waals surface area contributed by atoms with E-state index in [-0.39, 0.29) is 10.8 Å². The summed E-state index contributed by atoms with van der Waals surface area (Å²) >= 11 is 11.0. The molecule has 0 atom stereocenters. The zero-order valence-corrected chi connectivity index (χ0v) is 5.42. The molecule has 1 aliphatic carbocycles. The SMILES string of the molecule is ClC1C#CC(Cl)C#C1. The van der Waals surface area contributed by atoms with E-state index in [2.05, 4.69) is 23.7 Å². The lowest BCUT2D eigenvalue weighted by Gasteiger charge is -1.94. The van der Waals surface area contributed by atoms with Crippen molar-refractivity contribution in [2.45, 2.75) is 10.8 Å². The first-order valence-corrected chi connectivity index (χ1v) is 2.96. The van der Waals surface area contributed by atoms with Crippen LogP contribution in [0, 0.1) is 23.7 Å². The fourth-order valence-electron chi connectivity index (χ4n) is 0.365. The molecule has 0 aromatic rings. The van der Waals surface area contributed by atoms with Crippen LogP contribution >= 0.6 is 23.2 Å². The van der Waals surface area contributed by atoms with Crippen molar-refractivity contribution in [1.82, 2.24) is 0 Å². The highest BCUT2D eigenvalue weighted by Gasteiger charge is 1.99. The third kappa shape index (κ3) is 1.34. The first-order valence-electron chi connectivity index (χ1n) is 2.09. The van der Waals surface area contributed by atoms with Gasteiger partial charge in [-0.15, -0.1) is 0 Å². The van der Waals surface area contributed by atoms with E-state index in [0.29, 0.717) is 0 Å². The molecule has 0 aromatic heterocycles. The summed E-state index contributed by atoms with van der Waals surface area (Å²) in [5, 5.41) is -0.630. The molecule has 40 valence electrons. The second-order valence-corrected chi connectivity index (χ2v) is 2.18. The van der Waals surface area contributed by atoms with Gasteiger partial charge >= 0.3 is 0 Å². The maximum absolute atomic E-state index is 5.48. The van der Waals surface area contributed by atoms with Crippen LogP contribution in [0.1, 0.15) is 0 Å². The molecule has 8 heavy (non-hydrogen) atoms. The van der Waals surface area contributed by atoms with Crippen molar-refractivity contribution >= 4 is 23.2 Å². The molecule has 0 unspecified atom stereocenters. The molecule has 2 heteroatoms. The summed E-state index contributed by atoms with van der Waals surface area (Å²) in [5.74, 6) is 10.6. The Kier molecular flexibility index (Phi) is 1.69. The third-order valence-corrected chi connectivity index (χ3v) is 1.11. The fraction of sp³-hybridized carbons (Fsp3) is 0.333. The van der Waals surface area contributed by atoms with Gasteiger partial charge < -0.3 is 0 Å². The maximum atomic E-state index is 5.48. The van der Waals surface area contributed by atoms with Gasteiger partial charge in [0.05, 0.1) is 0 Å². The Balaban J connectivity index is 2.69. The minimum absolute atomic E-state index is 0.315. The molecule has 0 radical (unpaired) electrons. The third-order valence-electron chi connectivity index (χ3n) is 0.674. The summed E-state index contributed by atoms with van der Waals surface area (Å²) in [6.07, 6.45) is 0. The van der Waals surface area contributed by atoms with Gasteiger partial charge in [-0.3, -0.25) is 0 Å². The molecule has 0 heterocycles. The van der Waals surface area contributed by atoms with E-state index in [9.17, 15) is 0 Å². The second-order valence-electron chi connectivity index (χ2n) is 1.30. The van der Waals surface area contributed by atoms with Gasteiger partial charge in [-0.1, -0.05) is 46.9 Å². The van der Waals surface area contributed by atoms with Crippen molar-refractivity contribution in [3.8, 4) is 23.7 Å². The minimum atomic E-state index is -0.315. The predicted octanol–water partition coefficient (Wildman–Crippen LogP) is 1.22. The van der Waals surface area contributed by atoms with Crippen molar-refractivity contribution in [3.05, 3.63) is 0 Å². The van der Waals surface area contributed by atoms with E-state index in [1.54, 1.807) is 0 Å². The van der Waals surface area contributed by atoms with Gasteiger partial charge in [0.2, 0.25) is 0 Å². The van der Waals surface area contributed by atoms with Crippen molar-refractivity contribution in [1.29, 1.82) is 0 Å². The lowest BCUT2D eigenvalue weighted by atomic mass is 10.3. The van der Waals surface area contributed by atoms with Crippen molar-refractivity contribution < 1.29 is 0 Å². The van der Waals surface area contributed by atoms with Crippen LogP contribution in [0.2, 0.25) is 0 Å². The number of alkyl halides is 2. The topological polar surface area (TPSA) is 0 Å². The molecule has 0 saturated carbocycles. The largest absolute Gasteiger partial charge is 0.154 e. The smallest absolute Gasteiger partial charge is 0.0944 e. The summed E-state index contributed by atoms with van der Waals surface area (Å²) in [6.45, 7) is 0. The van der Waals surface area contributed by atoms with E-state index in [4.69, 9.17) is 23.2 Å². The Morgan fingerprint density at radius 3 is 1.25 bits per heavy atom. The quantitative estimate of drug-likeness (QED) is 0.355.